The molecule has 15 heavy (non-hydrogen) atoms. The summed E-state index contributed by atoms with van der Waals surface area (Å²) in [5, 5.41) is 3.22. The molecule has 0 aliphatic carbocycles. The molecule has 1 rings (SSSR count). The third kappa shape index (κ3) is 2.38. The Morgan fingerprint density at radius 1 is 1.33 bits per heavy atom. The Labute approximate surface area is 92.5 Å². The lowest BCUT2D eigenvalue weighted by molar-refractivity contribution is 1.05. The molecule has 0 fully saturated rings. The van der Waals surface area contributed by atoms with Crippen molar-refractivity contribution in [2.24, 2.45) is 4.99 Å². The smallest absolute Gasteiger partial charge is 0.137 e. The molecule has 82 valence electrons. The second kappa shape index (κ2) is 4.47. The maximum atomic E-state index is 4.60. The van der Waals surface area contributed by atoms with Crippen LogP contribution in [0.5, 0.6) is 0 Å². The highest BCUT2D eigenvalue weighted by molar-refractivity contribution is 6.06. The van der Waals surface area contributed by atoms with Gasteiger partial charge in [0.05, 0.1) is 0 Å². The lowest BCUT2D eigenvalue weighted by atomic mass is 10.0. The summed E-state index contributed by atoms with van der Waals surface area (Å²) in [4.78, 5) is 4.60. The van der Waals surface area contributed by atoms with Crippen LogP contribution in [0.4, 0.5) is 0 Å². The van der Waals surface area contributed by atoms with Gasteiger partial charge >= 0.3 is 0 Å². The molecule has 0 radical (unpaired) electrons. The topological polar surface area (TPSA) is 24.4 Å². The molecule has 0 saturated heterocycles. The first-order valence-corrected chi connectivity index (χ1v) is 5.36. The third-order valence-electron chi connectivity index (χ3n) is 2.46. The Kier molecular flexibility index (Phi) is 3.51. The fourth-order valence-electron chi connectivity index (χ4n) is 1.85. The fourth-order valence-corrected chi connectivity index (χ4v) is 1.85. The van der Waals surface area contributed by atoms with Crippen molar-refractivity contribution in [2.45, 2.75) is 41.0 Å². The van der Waals surface area contributed by atoms with Gasteiger partial charge in [-0.25, -0.2) is 4.99 Å². The molecule has 0 atom stereocenters. The van der Waals surface area contributed by atoms with E-state index in [1.807, 2.05) is 6.92 Å². The molecular weight excluding hydrogens is 184 g/mol. The molecule has 2 heteroatoms. The van der Waals surface area contributed by atoms with E-state index >= 15 is 0 Å². The van der Waals surface area contributed by atoms with Crippen molar-refractivity contribution < 1.29 is 0 Å². The van der Waals surface area contributed by atoms with Gasteiger partial charge in [0.25, 0.3) is 0 Å². The monoisotopic (exact) mass is 204 g/mol. The van der Waals surface area contributed by atoms with Gasteiger partial charge in [-0.1, -0.05) is 19.1 Å². The summed E-state index contributed by atoms with van der Waals surface area (Å²) in [5.74, 6) is 0.955. The van der Waals surface area contributed by atoms with E-state index in [4.69, 9.17) is 0 Å². The van der Waals surface area contributed by atoms with Gasteiger partial charge in [0, 0.05) is 17.0 Å². The lowest BCUT2D eigenvalue weighted by Gasteiger charge is -2.10. The number of hydrogen-bond acceptors (Lipinski definition) is 2. The summed E-state index contributed by atoms with van der Waals surface area (Å²) in [6.45, 7) is 14.3. The van der Waals surface area contributed by atoms with E-state index in [0.29, 0.717) is 0 Å². The van der Waals surface area contributed by atoms with Crippen LogP contribution in [0.3, 0.4) is 0 Å². The highest BCUT2D eigenvalue weighted by Gasteiger charge is 2.20. The number of nitrogens with zero attached hydrogens (tertiary/aromatic N) is 1. The Bertz CT molecular complexity index is 377. The molecule has 0 aromatic rings. The number of nitrogens with one attached hydrogen (secondary N) is 1. The maximum Gasteiger partial charge on any atom is 0.137 e. The summed E-state index contributed by atoms with van der Waals surface area (Å²) >= 11 is 0. The van der Waals surface area contributed by atoms with E-state index in [-0.39, 0.29) is 0 Å². The quantitative estimate of drug-likeness (QED) is 0.731. The molecule has 1 aliphatic rings. The Morgan fingerprint density at radius 3 is 2.33 bits per heavy atom. The minimum atomic E-state index is 0.928. The number of amidine groups is 1. The number of rotatable bonds is 2. The van der Waals surface area contributed by atoms with Crippen LogP contribution >= 0.6 is 0 Å². The summed E-state index contributed by atoms with van der Waals surface area (Å²) in [6, 6.07) is 0. The van der Waals surface area contributed by atoms with Crippen molar-refractivity contribution in [3.8, 4) is 0 Å². The van der Waals surface area contributed by atoms with Gasteiger partial charge in [-0.15, -0.1) is 0 Å². The van der Waals surface area contributed by atoms with Crippen molar-refractivity contribution in [3.05, 3.63) is 34.7 Å². The first-order chi connectivity index (χ1) is 6.97. The molecule has 0 spiro atoms. The minimum Gasteiger partial charge on any atom is -0.344 e. The van der Waals surface area contributed by atoms with Crippen LogP contribution in [0.1, 0.15) is 41.0 Å². The van der Waals surface area contributed by atoms with E-state index in [9.17, 15) is 0 Å². The molecule has 0 saturated carbocycles. The third-order valence-corrected chi connectivity index (χ3v) is 2.46. The fraction of sp³-hybridized carbons (Fsp3) is 0.462. The molecular formula is C13H20N2. The summed E-state index contributed by atoms with van der Waals surface area (Å²) in [5.41, 5.74) is 5.94. The van der Waals surface area contributed by atoms with Crippen LogP contribution < -0.4 is 5.32 Å². The molecule has 0 amide bonds. The van der Waals surface area contributed by atoms with Gasteiger partial charge in [0.15, 0.2) is 0 Å². The minimum absolute atomic E-state index is 0.928. The summed E-state index contributed by atoms with van der Waals surface area (Å²) in [6.07, 6.45) is 0.976. The first kappa shape index (κ1) is 11.8. The van der Waals surface area contributed by atoms with Crippen molar-refractivity contribution >= 4 is 5.84 Å². The second-order valence-corrected chi connectivity index (χ2v) is 4.17. The zero-order valence-electron chi connectivity index (χ0n) is 10.4. The van der Waals surface area contributed by atoms with E-state index in [2.05, 4.69) is 44.6 Å². The van der Waals surface area contributed by atoms with Gasteiger partial charge in [0.2, 0.25) is 0 Å². The van der Waals surface area contributed by atoms with Crippen molar-refractivity contribution in [1.29, 1.82) is 0 Å². The predicted octanol–water partition coefficient (Wildman–Crippen LogP) is 3.54. The highest BCUT2D eigenvalue weighted by atomic mass is 15.0. The number of aliphatic imine (C=N–C) groups is 1. The zero-order valence-corrected chi connectivity index (χ0v) is 10.4. The molecule has 0 aromatic carbocycles. The van der Waals surface area contributed by atoms with E-state index in [0.717, 1.165) is 18.0 Å². The maximum absolute atomic E-state index is 4.60. The molecule has 2 nitrogen and oxygen atoms in total. The van der Waals surface area contributed by atoms with Gasteiger partial charge < -0.3 is 5.32 Å². The molecule has 1 N–H and O–H groups in total. The number of allylic oxidation sites excluding steroid dienone is 3. The molecule has 0 unspecified atom stereocenters. The van der Waals surface area contributed by atoms with Crippen LogP contribution in [0.2, 0.25) is 0 Å². The van der Waals surface area contributed by atoms with Gasteiger partial charge in [-0.2, -0.15) is 0 Å². The Balaban J connectivity index is 3.12. The Hall–Kier alpha value is -1.31. The molecule has 0 aromatic heterocycles. The van der Waals surface area contributed by atoms with E-state index < -0.39 is 0 Å². The zero-order chi connectivity index (χ0) is 11.6. The van der Waals surface area contributed by atoms with Crippen molar-refractivity contribution in [3.63, 3.8) is 0 Å². The molecule has 0 bridgehead atoms. The lowest BCUT2D eigenvalue weighted by Crippen LogP contribution is -2.22. The van der Waals surface area contributed by atoms with Crippen molar-refractivity contribution in [2.75, 3.05) is 0 Å². The van der Waals surface area contributed by atoms with Crippen molar-refractivity contribution in [1.82, 2.24) is 5.32 Å². The first-order valence-electron chi connectivity index (χ1n) is 5.36. The number of hydrogen-bond donors (Lipinski definition) is 1. The van der Waals surface area contributed by atoms with Gasteiger partial charge in [0.1, 0.15) is 5.84 Å². The average Bonchev–Trinajstić information content (AvgIpc) is 2.41. The largest absolute Gasteiger partial charge is 0.344 e. The standard InChI is InChI=1S/C13H20N2/c1-7-11-10(6)12(8(2)3)13(15-11)14-9(4)5/h4,7H2,1-3,5-6H3,(H,14,15). The molecule has 1 aliphatic heterocycles. The van der Waals surface area contributed by atoms with Gasteiger partial charge in [-0.05, 0) is 39.7 Å². The predicted molar refractivity (Wildman–Crippen MR) is 66.7 cm³/mol. The Morgan fingerprint density at radius 2 is 1.93 bits per heavy atom. The molecule has 1 heterocycles. The van der Waals surface area contributed by atoms with Crippen LogP contribution in [-0.4, -0.2) is 5.84 Å². The summed E-state index contributed by atoms with van der Waals surface area (Å²) < 4.78 is 0. The van der Waals surface area contributed by atoms with E-state index in [1.54, 1.807) is 0 Å². The van der Waals surface area contributed by atoms with Crippen LogP contribution in [0.15, 0.2) is 39.7 Å². The van der Waals surface area contributed by atoms with Crippen LogP contribution in [-0.2, 0) is 0 Å². The van der Waals surface area contributed by atoms with Gasteiger partial charge in [-0.3, -0.25) is 0 Å². The van der Waals surface area contributed by atoms with Crippen LogP contribution in [0, 0.1) is 0 Å². The SMILES string of the molecule is C=C(C)NC1=NC(CC)=C(C)C1=C(C)C. The second-order valence-electron chi connectivity index (χ2n) is 4.17. The van der Waals surface area contributed by atoms with Crippen LogP contribution in [0.25, 0.3) is 0 Å². The van der Waals surface area contributed by atoms with E-state index in [1.165, 1.54) is 22.4 Å². The summed E-state index contributed by atoms with van der Waals surface area (Å²) in [7, 11) is 0. The normalized spacial score (nSPS) is 15.5. The average molecular weight is 204 g/mol. The highest BCUT2D eigenvalue weighted by Crippen LogP contribution is 2.28.